The standard InChI is InChI=1S/C17H27NOS/c1-3-9-18-15(16-13(2)6-11-20-16)14-5-10-19-17(12-14)7-4-8-17/h6,11,14-15,18H,3-5,7-10,12H2,1-2H3. The average Bonchev–Trinajstić information content (AvgIpc) is 2.84. The molecule has 2 fully saturated rings. The Hall–Kier alpha value is -0.380. The summed E-state index contributed by atoms with van der Waals surface area (Å²) < 4.78 is 6.11. The topological polar surface area (TPSA) is 21.3 Å². The Bertz CT molecular complexity index is 438. The summed E-state index contributed by atoms with van der Waals surface area (Å²) in [4.78, 5) is 1.56. The van der Waals surface area contributed by atoms with Gasteiger partial charge < -0.3 is 10.1 Å². The molecule has 1 aromatic heterocycles. The molecule has 1 spiro atoms. The largest absolute Gasteiger partial charge is 0.375 e. The molecule has 2 aliphatic rings. The highest BCUT2D eigenvalue weighted by Gasteiger charge is 2.44. The number of ether oxygens (including phenoxy) is 1. The highest BCUT2D eigenvalue weighted by atomic mass is 32.1. The van der Waals surface area contributed by atoms with Crippen LogP contribution in [-0.4, -0.2) is 18.8 Å². The van der Waals surface area contributed by atoms with Crippen LogP contribution in [0.2, 0.25) is 0 Å². The summed E-state index contributed by atoms with van der Waals surface area (Å²) in [7, 11) is 0. The first-order chi connectivity index (χ1) is 9.74. The third kappa shape index (κ3) is 2.81. The van der Waals surface area contributed by atoms with Gasteiger partial charge in [-0.15, -0.1) is 11.3 Å². The van der Waals surface area contributed by atoms with Crippen molar-refractivity contribution in [2.45, 2.75) is 64.0 Å². The van der Waals surface area contributed by atoms with Crippen LogP contribution in [0.1, 0.15) is 61.9 Å². The Kier molecular flexibility index (Phi) is 4.49. The van der Waals surface area contributed by atoms with E-state index in [0.717, 1.165) is 19.1 Å². The quantitative estimate of drug-likeness (QED) is 0.866. The van der Waals surface area contributed by atoms with E-state index in [1.807, 2.05) is 11.3 Å². The molecule has 2 heterocycles. The van der Waals surface area contributed by atoms with Crippen molar-refractivity contribution in [2.75, 3.05) is 13.2 Å². The summed E-state index contributed by atoms with van der Waals surface area (Å²) in [5.74, 6) is 0.743. The third-order valence-electron chi connectivity index (χ3n) is 5.07. The first-order valence-corrected chi connectivity index (χ1v) is 9.03. The minimum Gasteiger partial charge on any atom is -0.375 e. The van der Waals surface area contributed by atoms with Crippen LogP contribution in [0.15, 0.2) is 11.4 Å². The summed E-state index contributed by atoms with van der Waals surface area (Å²) in [5, 5.41) is 6.06. The second kappa shape index (κ2) is 6.17. The van der Waals surface area contributed by atoms with E-state index in [-0.39, 0.29) is 5.60 Å². The molecule has 2 nitrogen and oxygen atoms in total. The maximum absolute atomic E-state index is 6.11. The number of hydrogen-bond acceptors (Lipinski definition) is 3. The number of thiophene rings is 1. The summed E-state index contributed by atoms with van der Waals surface area (Å²) in [5.41, 5.74) is 1.71. The summed E-state index contributed by atoms with van der Waals surface area (Å²) in [6.07, 6.45) is 7.60. The van der Waals surface area contributed by atoms with E-state index in [0.29, 0.717) is 6.04 Å². The monoisotopic (exact) mass is 293 g/mol. The molecule has 1 saturated carbocycles. The van der Waals surface area contributed by atoms with Gasteiger partial charge in [-0.1, -0.05) is 6.92 Å². The smallest absolute Gasteiger partial charge is 0.0686 e. The van der Waals surface area contributed by atoms with Crippen LogP contribution in [-0.2, 0) is 4.74 Å². The fourth-order valence-electron chi connectivity index (χ4n) is 3.75. The van der Waals surface area contributed by atoms with Crippen molar-refractivity contribution in [2.24, 2.45) is 5.92 Å². The molecule has 20 heavy (non-hydrogen) atoms. The highest BCUT2D eigenvalue weighted by molar-refractivity contribution is 7.10. The Morgan fingerprint density at radius 3 is 2.95 bits per heavy atom. The van der Waals surface area contributed by atoms with E-state index in [4.69, 9.17) is 4.74 Å². The van der Waals surface area contributed by atoms with E-state index in [2.05, 4.69) is 30.6 Å². The van der Waals surface area contributed by atoms with Crippen molar-refractivity contribution in [1.82, 2.24) is 5.32 Å². The molecular weight excluding hydrogens is 266 g/mol. The molecule has 0 aromatic carbocycles. The molecule has 0 radical (unpaired) electrons. The first kappa shape index (κ1) is 14.6. The normalized spacial score (nSPS) is 26.4. The summed E-state index contributed by atoms with van der Waals surface area (Å²) in [6, 6.07) is 2.80. The van der Waals surface area contributed by atoms with Crippen molar-refractivity contribution in [3.05, 3.63) is 21.9 Å². The number of aryl methyl sites for hydroxylation is 1. The molecule has 3 heteroatoms. The molecule has 1 N–H and O–H groups in total. The lowest BCUT2D eigenvalue weighted by Crippen LogP contribution is -2.48. The SMILES string of the molecule is CCCNC(c1sccc1C)C1CCOC2(CCC2)C1. The molecule has 1 aromatic rings. The molecule has 2 unspecified atom stereocenters. The minimum atomic E-state index is 0.250. The Balaban J connectivity index is 1.76. The van der Waals surface area contributed by atoms with Gasteiger partial charge in [0.2, 0.25) is 0 Å². The van der Waals surface area contributed by atoms with Gasteiger partial charge in [-0.2, -0.15) is 0 Å². The van der Waals surface area contributed by atoms with Crippen LogP contribution < -0.4 is 5.32 Å². The second-order valence-corrected chi connectivity index (χ2v) is 7.49. The maximum atomic E-state index is 6.11. The number of hydrogen-bond donors (Lipinski definition) is 1. The average molecular weight is 293 g/mol. The molecule has 1 saturated heterocycles. The fraction of sp³-hybridized carbons (Fsp3) is 0.765. The van der Waals surface area contributed by atoms with Crippen LogP contribution >= 0.6 is 11.3 Å². The van der Waals surface area contributed by atoms with E-state index >= 15 is 0 Å². The second-order valence-electron chi connectivity index (χ2n) is 6.54. The minimum absolute atomic E-state index is 0.250. The van der Waals surface area contributed by atoms with Crippen LogP contribution in [0.25, 0.3) is 0 Å². The maximum Gasteiger partial charge on any atom is 0.0686 e. The Labute approximate surface area is 126 Å². The van der Waals surface area contributed by atoms with Gasteiger partial charge in [0.25, 0.3) is 0 Å². The van der Waals surface area contributed by atoms with Crippen molar-refractivity contribution in [3.8, 4) is 0 Å². The van der Waals surface area contributed by atoms with E-state index in [1.165, 1.54) is 44.1 Å². The molecule has 112 valence electrons. The van der Waals surface area contributed by atoms with Crippen LogP contribution in [0, 0.1) is 12.8 Å². The van der Waals surface area contributed by atoms with E-state index in [1.54, 1.807) is 4.88 Å². The highest BCUT2D eigenvalue weighted by Crippen LogP contribution is 2.47. The van der Waals surface area contributed by atoms with Gasteiger partial charge in [0.1, 0.15) is 0 Å². The lowest BCUT2D eigenvalue weighted by atomic mass is 9.70. The van der Waals surface area contributed by atoms with Gasteiger partial charge in [-0.3, -0.25) is 0 Å². The van der Waals surface area contributed by atoms with Gasteiger partial charge in [0, 0.05) is 17.5 Å². The van der Waals surface area contributed by atoms with E-state index in [9.17, 15) is 0 Å². The number of nitrogens with one attached hydrogen (secondary N) is 1. The molecule has 1 aliphatic carbocycles. The summed E-state index contributed by atoms with van der Waals surface area (Å²) >= 11 is 1.92. The van der Waals surface area contributed by atoms with Crippen molar-refractivity contribution in [1.29, 1.82) is 0 Å². The zero-order valence-corrected chi connectivity index (χ0v) is 13.6. The zero-order chi connectivity index (χ0) is 14.0. The number of rotatable bonds is 5. The predicted octanol–water partition coefficient (Wildman–Crippen LogP) is 4.45. The van der Waals surface area contributed by atoms with Gasteiger partial charge in [0.05, 0.1) is 5.60 Å². The van der Waals surface area contributed by atoms with Crippen molar-refractivity contribution < 1.29 is 4.74 Å². The third-order valence-corrected chi connectivity index (χ3v) is 6.17. The molecule has 0 bridgehead atoms. The Morgan fingerprint density at radius 1 is 1.50 bits per heavy atom. The van der Waals surface area contributed by atoms with Crippen molar-refractivity contribution >= 4 is 11.3 Å². The summed E-state index contributed by atoms with van der Waals surface area (Å²) in [6.45, 7) is 6.58. The first-order valence-electron chi connectivity index (χ1n) is 8.15. The van der Waals surface area contributed by atoms with Crippen LogP contribution in [0.5, 0.6) is 0 Å². The van der Waals surface area contributed by atoms with Gasteiger partial charge >= 0.3 is 0 Å². The van der Waals surface area contributed by atoms with Crippen LogP contribution in [0.4, 0.5) is 0 Å². The van der Waals surface area contributed by atoms with Gasteiger partial charge in [-0.25, -0.2) is 0 Å². The lowest BCUT2D eigenvalue weighted by Gasteiger charge is -2.49. The molecule has 0 amide bonds. The van der Waals surface area contributed by atoms with E-state index < -0.39 is 0 Å². The zero-order valence-electron chi connectivity index (χ0n) is 12.8. The molecule has 1 aliphatic heterocycles. The lowest BCUT2D eigenvalue weighted by molar-refractivity contribution is -0.147. The predicted molar refractivity (Wildman–Crippen MR) is 85.3 cm³/mol. The molecular formula is C17H27NOS. The van der Waals surface area contributed by atoms with Gasteiger partial charge in [-0.05, 0) is 74.9 Å². The Morgan fingerprint density at radius 2 is 2.35 bits per heavy atom. The fourth-order valence-corrected chi connectivity index (χ4v) is 4.84. The molecule has 3 rings (SSSR count). The van der Waals surface area contributed by atoms with Crippen molar-refractivity contribution in [3.63, 3.8) is 0 Å². The van der Waals surface area contributed by atoms with Gasteiger partial charge in [0.15, 0.2) is 0 Å². The molecule has 2 atom stereocenters. The van der Waals surface area contributed by atoms with Crippen LogP contribution in [0.3, 0.4) is 0 Å².